The van der Waals surface area contributed by atoms with Gasteiger partial charge in [0.25, 0.3) is 5.91 Å². The van der Waals surface area contributed by atoms with Gasteiger partial charge in [-0.1, -0.05) is 19.9 Å². The van der Waals surface area contributed by atoms with Crippen LogP contribution in [-0.2, 0) is 11.3 Å². The summed E-state index contributed by atoms with van der Waals surface area (Å²) in [6, 6.07) is 5.90. The molecule has 0 fully saturated rings. The molecule has 0 saturated carbocycles. The van der Waals surface area contributed by atoms with Gasteiger partial charge >= 0.3 is 0 Å². The second kappa shape index (κ2) is 5.49. The molecule has 0 aliphatic rings. The maximum absolute atomic E-state index is 11.5. The quantitative estimate of drug-likeness (QED) is 0.736. The van der Waals surface area contributed by atoms with Crippen LogP contribution in [-0.4, -0.2) is 12.5 Å². The lowest BCUT2D eigenvalue weighted by Gasteiger charge is -2.05. The Hall–Kier alpha value is -1.38. The molecule has 1 N–H and O–H groups in total. The highest BCUT2D eigenvalue weighted by Gasteiger charge is 2.10. The summed E-state index contributed by atoms with van der Waals surface area (Å²) in [6.07, 6.45) is 1.92. The van der Waals surface area contributed by atoms with Crippen molar-refractivity contribution in [2.75, 3.05) is 6.54 Å². The number of pyridine rings is 1. The van der Waals surface area contributed by atoms with E-state index in [2.05, 4.69) is 19.2 Å². The summed E-state index contributed by atoms with van der Waals surface area (Å²) in [5.41, 5.74) is 1.09. The molecule has 1 heterocycles. The van der Waals surface area contributed by atoms with E-state index >= 15 is 0 Å². The van der Waals surface area contributed by atoms with E-state index in [-0.39, 0.29) is 5.91 Å². The first-order valence-corrected chi connectivity index (χ1v) is 5.31. The summed E-state index contributed by atoms with van der Waals surface area (Å²) in [6.45, 7) is 7.31. The third-order valence-corrected chi connectivity index (χ3v) is 2.19. The van der Waals surface area contributed by atoms with Crippen LogP contribution in [0.3, 0.4) is 0 Å². The molecule has 82 valence electrons. The van der Waals surface area contributed by atoms with Gasteiger partial charge in [0.15, 0.2) is 11.9 Å². The van der Waals surface area contributed by atoms with E-state index in [1.165, 1.54) is 0 Å². The number of carbonyl (C=O) groups is 1. The largest absolute Gasteiger partial charge is 0.350 e. The minimum absolute atomic E-state index is 0.0722. The predicted molar refractivity (Wildman–Crippen MR) is 59.2 cm³/mol. The van der Waals surface area contributed by atoms with Crippen LogP contribution in [0.15, 0.2) is 24.4 Å². The molecule has 0 unspecified atom stereocenters. The average molecular weight is 207 g/mol. The molecular weight excluding hydrogens is 188 g/mol. The molecule has 1 rings (SSSR count). The van der Waals surface area contributed by atoms with Gasteiger partial charge in [-0.15, -0.1) is 0 Å². The van der Waals surface area contributed by atoms with E-state index in [0.29, 0.717) is 12.5 Å². The molecule has 1 amide bonds. The fourth-order valence-corrected chi connectivity index (χ4v) is 1.27. The van der Waals surface area contributed by atoms with Gasteiger partial charge in [0.2, 0.25) is 6.54 Å². The standard InChI is InChI=1S/C12H18N2O/c1-10(2)8-13-12(15)9-14-7-5-4-6-11(14)3/h4-7,10H,8-9H2,1-3H3/p+1. The van der Waals surface area contributed by atoms with Crippen molar-refractivity contribution in [3.63, 3.8) is 0 Å². The normalized spacial score (nSPS) is 10.4. The zero-order valence-corrected chi connectivity index (χ0v) is 9.66. The summed E-state index contributed by atoms with van der Waals surface area (Å²) >= 11 is 0. The molecule has 0 spiro atoms. The number of hydrogen-bond donors (Lipinski definition) is 1. The van der Waals surface area contributed by atoms with Crippen LogP contribution in [0, 0.1) is 12.8 Å². The van der Waals surface area contributed by atoms with Crippen molar-refractivity contribution < 1.29 is 9.36 Å². The van der Waals surface area contributed by atoms with E-state index in [1.54, 1.807) is 0 Å². The molecule has 3 nitrogen and oxygen atoms in total. The lowest BCUT2D eigenvalue weighted by molar-refractivity contribution is -0.690. The predicted octanol–water partition coefficient (Wildman–Crippen LogP) is 1.05. The van der Waals surface area contributed by atoms with Crippen molar-refractivity contribution in [3.8, 4) is 0 Å². The Labute approximate surface area is 91.1 Å². The molecule has 0 radical (unpaired) electrons. The van der Waals surface area contributed by atoms with E-state index < -0.39 is 0 Å². The lowest BCUT2D eigenvalue weighted by Crippen LogP contribution is -2.45. The van der Waals surface area contributed by atoms with Crippen LogP contribution < -0.4 is 9.88 Å². The summed E-state index contributed by atoms with van der Waals surface area (Å²) in [7, 11) is 0. The monoisotopic (exact) mass is 207 g/mol. The molecule has 0 bridgehead atoms. The third-order valence-electron chi connectivity index (χ3n) is 2.19. The Bertz CT molecular complexity index is 334. The molecule has 0 saturated heterocycles. The second-order valence-electron chi connectivity index (χ2n) is 4.17. The van der Waals surface area contributed by atoms with Crippen molar-refractivity contribution in [2.45, 2.75) is 27.3 Å². The number of nitrogens with one attached hydrogen (secondary N) is 1. The maximum atomic E-state index is 11.5. The zero-order valence-electron chi connectivity index (χ0n) is 9.66. The third kappa shape index (κ3) is 4.11. The molecule has 15 heavy (non-hydrogen) atoms. The van der Waals surface area contributed by atoms with Crippen molar-refractivity contribution in [2.24, 2.45) is 5.92 Å². The van der Waals surface area contributed by atoms with Crippen LogP contribution in [0.2, 0.25) is 0 Å². The first-order chi connectivity index (χ1) is 7.09. The first-order valence-electron chi connectivity index (χ1n) is 5.31. The molecular formula is C12H19N2O+. The molecule has 3 heteroatoms. The first kappa shape index (κ1) is 11.7. The summed E-state index contributed by atoms with van der Waals surface area (Å²) in [4.78, 5) is 11.5. The number of aromatic nitrogens is 1. The minimum Gasteiger partial charge on any atom is -0.350 e. The topological polar surface area (TPSA) is 33.0 Å². The number of aryl methyl sites for hydroxylation is 1. The van der Waals surface area contributed by atoms with Gasteiger partial charge in [-0.3, -0.25) is 4.79 Å². The fraction of sp³-hybridized carbons (Fsp3) is 0.500. The second-order valence-corrected chi connectivity index (χ2v) is 4.17. The average Bonchev–Trinajstić information content (AvgIpc) is 2.18. The smallest absolute Gasteiger partial charge is 0.286 e. The Morgan fingerprint density at radius 2 is 2.20 bits per heavy atom. The van der Waals surface area contributed by atoms with Crippen LogP contribution in [0.25, 0.3) is 0 Å². The summed E-state index contributed by atoms with van der Waals surface area (Å²) in [5, 5.41) is 2.90. The van der Waals surface area contributed by atoms with Crippen LogP contribution >= 0.6 is 0 Å². The Kier molecular flexibility index (Phi) is 4.28. The Morgan fingerprint density at radius 3 is 2.80 bits per heavy atom. The van der Waals surface area contributed by atoms with Crippen molar-refractivity contribution in [1.29, 1.82) is 0 Å². The van der Waals surface area contributed by atoms with Gasteiger partial charge in [0.05, 0.1) is 0 Å². The van der Waals surface area contributed by atoms with Crippen LogP contribution in [0.5, 0.6) is 0 Å². The highest BCUT2D eigenvalue weighted by atomic mass is 16.1. The van der Waals surface area contributed by atoms with Gasteiger partial charge in [0.1, 0.15) is 0 Å². The van der Waals surface area contributed by atoms with E-state index in [1.807, 2.05) is 35.9 Å². The van der Waals surface area contributed by atoms with E-state index in [4.69, 9.17) is 0 Å². The van der Waals surface area contributed by atoms with E-state index in [0.717, 1.165) is 12.2 Å². The number of hydrogen-bond acceptors (Lipinski definition) is 1. The van der Waals surface area contributed by atoms with Crippen LogP contribution in [0.1, 0.15) is 19.5 Å². The lowest BCUT2D eigenvalue weighted by atomic mass is 10.2. The van der Waals surface area contributed by atoms with Crippen LogP contribution in [0.4, 0.5) is 0 Å². The summed E-state index contributed by atoms with van der Waals surface area (Å²) < 4.78 is 1.94. The van der Waals surface area contributed by atoms with Crippen molar-refractivity contribution >= 4 is 5.91 Å². The Balaban J connectivity index is 2.48. The zero-order chi connectivity index (χ0) is 11.3. The number of carbonyl (C=O) groups excluding carboxylic acids is 1. The van der Waals surface area contributed by atoms with E-state index in [9.17, 15) is 4.79 Å². The number of nitrogens with zero attached hydrogens (tertiary/aromatic N) is 1. The van der Waals surface area contributed by atoms with Crippen molar-refractivity contribution in [3.05, 3.63) is 30.1 Å². The fourth-order valence-electron chi connectivity index (χ4n) is 1.27. The van der Waals surface area contributed by atoms with Gasteiger partial charge in [-0.05, 0) is 5.92 Å². The molecule has 0 aliphatic heterocycles. The van der Waals surface area contributed by atoms with Gasteiger partial charge in [-0.25, -0.2) is 0 Å². The van der Waals surface area contributed by atoms with Crippen molar-refractivity contribution in [1.82, 2.24) is 5.32 Å². The highest BCUT2D eigenvalue weighted by Crippen LogP contribution is 1.89. The SMILES string of the molecule is Cc1cccc[n+]1CC(=O)NCC(C)C. The molecule has 1 aromatic rings. The molecule has 0 atom stereocenters. The molecule has 1 aromatic heterocycles. The molecule has 0 aromatic carbocycles. The Morgan fingerprint density at radius 1 is 1.47 bits per heavy atom. The maximum Gasteiger partial charge on any atom is 0.286 e. The highest BCUT2D eigenvalue weighted by molar-refractivity contribution is 5.74. The summed E-state index contributed by atoms with van der Waals surface area (Å²) in [5.74, 6) is 0.568. The van der Waals surface area contributed by atoms with Gasteiger partial charge in [0, 0.05) is 25.6 Å². The number of amides is 1. The molecule has 0 aliphatic carbocycles. The van der Waals surface area contributed by atoms with Gasteiger partial charge in [-0.2, -0.15) is 4.57 Å². The number of rotatable bonds is 4. The minimum atomic E-state index is 0.0722. The van der Waals surface area contributed by atoms with Gasteiger partial charge < -0.3 is 5.32 Å².